The molecule has 1 aliphatic heterocycles. The predicted octanol–water partition coefficient (Wildman–Crippen LogP) is 6.18. The number of aliphatic hydroxyl groups excluding tert-OH is 1. The second-order valence-electron chi connectivity index (χ2n) is 7.68. The molecule has 0 aliphatic carbocycles. The van der Waals surface area contributed by atoms with E-state index in [1.54, 1.807) is 6.92 Å². The molecule has 5 heteroatoms. The van der Waals surface area contributed by atoms with Gasteiger partial charge in [-0.05, 0) is 41.7 Å². The van der Waals surface area contributed by atoms with Crippen molar-refractivity contribution in [2.24, 2.45) is 4.99 Å². The molecule has 1 heterocycles. The topological polar surface area (TPSA) is 58.9 Å². The molecule has 0 amide bonds. The Kier molecular flexibility index (Phi) is 6.28. The lowest BCUT2D eigenvalue weighted by molar-refractivity contribution is -0.138. The van der Waals surface area contributed by atoms with Crippen molar-refractivity contribution < 1.29 is 14.6 Å². The standard InChI is InChI=1S/C24H25NO3S/c1-5-28-23(27)20-21(26)19(29-22(20)25-18-9-7-6-8-10-18)15-16-11-13-17(14-12-16)24(2,3)4/h6-15,26H,5H2,1-4H3. The second kappa shape index (κ2) is 8.70. The highest BCUT2D eigenvalue weighted by Crippen LogP contribution is 2.40. The van der Waals surface area contributed by atoms with Crippen LogP contribution in [0.15, 0.2) is 75.8 Å². The highest BCUT2D eigenvalue weighted by atomic mass is 32.2. The van der Waals surface area contributed by atoms with Gasteiger partial charge < -0.3 is 9.84 Å². The lowest BCUT2D eigenvalue weighted by atomic mass is 9.87. The number of hydrogen-bond donors (Lipinski definition) is 1. The summed E-state index contributed by atoms with van der Waals surface area (Å²) in [5, 5.41) is 11.2. The van der Waals surface area contributed by atoms with E-state index in [0.717, 1.165) is 5.56 Å². The minimum atomic E-state index is -0.571. The number of rotatable bonds is 4. The molecule has 3 rings (SSSR count). The van der Waals surface area contributed by atoms with Gasteiger partial charge in [0.05, 0.1) is 17.2 Å². The molecule has 0 saturated heterocycles. The molecule has 0 unspecified atom stereocenters. The monoisotopic (exact) mass is 407 g/mol. The molecule has 0 spiro atoms. The molecule has 2 aromatic rings. The molecular weight excluding hydrogens is 382 g/mol. The number of benzene rings is 2. The van der Waals surface area contributed by atoms with Gasteiger partial charge >= 0.3 is 5.97 Å². The van der Waals surface area contributed by atoms with Crippen LogP contribution in [0.25, 0.3) is 6.08 Å². The lowest BCUT2D eigenvalue weighted by Gasteiger charge is -2.18. The Morgan fingerprint density at radius 3 is 2.34 bits per heavy atom. The van der Waals surface area contributed by atoms with E-state index in [0.29, 0.717) is 15.6 Å². The van der Waals surface area contributed by atoms with Crippen molar-refractivity contribution in [1.82, 2.24) is 0 Å². The van der Waals surface area contributed by atoms with Crippen LogP contribution in [0.1, 0.15) is 38.8 Å². The normalized spacial score (nSPS) is 17.2. The van der Waals surface area contributed by atoms with Crippen molar-refractivity contribution in [1.29, 1.82) is 0 Å². The van der Waals surface area contributed by atoms with Gasteiger partial charge in [0.1, 0.15) is 16.4 Å². The molecule has 29 heavy (non-hydrogen) atoms. The maximum absolute atomic E-state index is 12.4. The van der Waals surface area contributed by atoms with Crippen molar-refractivity contribution in [2.45, 2.75) is 33.1 Å². The van der Waals surface area contributed by atoms with E-state index in [1.807, 2.05) is 48.5 Å². The summed E-state index contributed by atoms with van der Waals surface area (Å²) in [4.78, 5) is 17.6. The van der Waals surface area contributed by atoms with Gasteiger partial charge in [-0.2, -0.15) is 0 Å². The molecule has 0 bridgehead atoms. The number of aliphatic hydroxyl groups is 1. The summed E-state index contributed by atoms with van der Waals surface area (Å²) in [6.45, 7) is 8.46. The van der Waals surface area contributed by atoms with E-state index in [1.165, 1.54) is 17.3 Å². The van der Waals surface area contributed by atoms with Gasteiger partial charge in [0, 0.05) is 0 Å². The van der Waals surface area contributed by atoms with Gasteiger partial charge in [-0.15, -0.1) is 0 Å². The zero-order valence-electron chi connectivity index (χ0n) is 17.1. The van der Waals surface area contributed by atoms with Crippen LogP contribution >= 0.6 is 11.8 Å². The molecule has 2 aromatic carbocycles. The van der Waals surface area contributed by atoms with Crippen LogP contribution in [0.2, 0.25) is 0 Å². The third-order valence-corrected chi connectivity index (χ3v) is 5.45. The summed E-state index contributed by atoms with van der Waals surface area (Å²) in [6, 6.07) is 17.5. The summed E-state index contributed by atoms with van der Waals surface area (Å²) in [7, 11) is 0. The average Bonchev–Trinajstić information content (AvgIpc) is 2.97. The Morgan fingerprint density at radius 2 is 1.76 bits per heavy atom. The largest absolute Gasteiger partial charge is 0.506 e. The van der Waals surface area contributed by atoms with Crippen LogP contribution < -0.4 is 0 Å². The second-order valence-corrected chi connectivity index (χ2v) is 8.71. The summed E-state index contributed by atoms with van der Waals surface area (Å²) >= 11 is 1.27. The number of ether oxygens (including phenoxy) is 1. The number of thioether (sulfide) groups is 1. The van der Waals surface area contributed by atoms with E-state index < -0.39 is 5.97 Å². The van der Waals surface area contributed by atoms with Gasteiger partial charge in [0.2, 0.25) is 0 Å². The first kappa shape index (κ1) is 20.9. The van der Waals surface area contributed by atoms with Crippen LogP contribution in [-0.4, -0.2) is 22.7 Å². The number of nitrogens with zero attached hydrogens (tertiary/aromatic N) is 1. The zero-order chi connectivity index (χ0) is 21.0. The predicted molar refractivity (Wildman–Crippen MR) is 121 cm³/mol. The fraction of sp³-hybridized carbons (Fsp3) is 0.250. The van der Waals surface area contributed by atoms with Crippen molar-refractivity contribution >= 4 is 34.5 Å². The molecule has 1 aliphatic rings. The molecular formula is C24H25NO3S. The number of para-hydroxylation sites is 1. The molecule has 0 atom stereocenters. The number of carbonyl (C=O) groups excluding carboxylic acids is 1. The third kappa shape index (κ3) is 4.98. The minimum absolute atomic E-state index is 0.0718. The maximum Gasteiger partial charge on any atom is 0.344 e. The Balaban J connectivity index is 1.98. The van der Waals surface area contributed by atoms with Crippen LogP contribution in [0.3, 0.4) is 0 Å². The lowest BCUT2D eigenvalue weighted by Crippen LogP contribution is -2.12. The summed E-state index contributed by atoms with van der Waals surface area (Å²) in [6.07, 6.45) is 1.86. The number of hydrogen-bond acceptors (Lipinski definition) is 5. The van der Waals surface area contributed by atoms with Crippen LogP contribution in [-0.2, 0) is 14.9 Å². The molecule has 0 fully saturated rings. The Labute approximate surface area is 176 Å². The molecule has 1 N–H and O–H groups in total. The zero-order valence-corrected chi connectivity index (χ0v) is 17.9. The smallest absolute Gasteiger partial charge is 0.344 e. The minimum Gasteiger partial charge on any atom is -0.506 e. The molecule has 150 valence electrons. The molecule has 0 radical (unpaired) electrons. The molecule has 0 saturated carbocycles. The van der Waals surface area contributed by atoms with E-state index >= 15 is 0 Å². The Bertz CT molecular complexity index is 981. The van der Waals surface area contributed by atoms with Gasteiger partial charge in [-0.25, -0.2) is 9.79 Å². The fourth-order valence-corrected chi connectivity index (χ4v) is 3.88. The van der Waals surface area contributed by atoms with Crippen molar-refractivity contribution in [3.8, 4) is 0 Å². The SMILES string of the molecule is CCOC(=O)C1=C(O)C(=Cc2ccc(C(C)(C)C)cc2)SC1=Nc1ccccc1. The van der Waals surface area contributed by atoms with E-state index in [2.05, 4.69) is 37.9 Å². The first-order chi connectivity index (χ1) is 13.8. The Hall–Kier alpha value is -2.79. The Morgan fingerprint density at radius 1 is 1.10 bits per heavy atom. The summed E-state index contributed by atoms with van der Waals surface area (Å²) < 4.78 is 5.14. The fourth-order valence-electron chi connectivity index (χ4n) is 2.84. The number of aliphatic imine (C=N–C) groups is 1. The van der Waals surface area contributed by atoms with Gasteiger partial charge in [0.25, 0.3) is 0 Å². The maximum atomic E-state index is 12.4. The van der Waals surface area contributed by atoms with Crippen molar-refractivity contribution in [3.63, 3.8) is 0 Å². The molecule has 0 aromatic heterocycles. The third-order valence-electron chi connectivity index (χ3n) is 4.43. The average molecular weight is 408 g/mol. The van der Waals surface area contributed by atoms with Crippen LogP contribution in [0.4, 0.5) is 5.69 Å². The van der Waals surface area contributed by atoms with Gasteiger partial charge in [-0.1, -0.05) is 75.0 Å². The quantitative estimate of drug-likeness (QED) is 0.615. The molecule has 4 nitrogen and oxygen atoms in total. The van der Waals surface area contributed by atoms with Gasteiger partial charge in [0.15, 0.2) is 0 Å². The van der Waals surface area contributed by atoms with Crippen LogP contribution in [0, 0.1) is 0 Å². The number of esters is 1. The van der Waals surface area contributed by atoms with Crippen LogP contribution in [0.5, 0.6) is 0 Å². The van der Waals surface area contributed by atoms with Gasteiger partial charge in [-0.3, -0.25) is 0 Å². The van der Waals surface area contributed by atoms with Crippen molar-refractivity contribution in [3.05, 3.63) is 82.0 Å². The first-order valence-electron chi connectivity index (χ1n) is 9.54. The van der Waals surface area contributed by atoms with E-state index in [4.69, 9.17) is 4.74 Å². The highest BCUT2D eigenvalue weighted by molar-refractivity contribution is 8.18. The van der Waals surface area contributed by atoms with E-state index in [-0.39, 0.29) is 23.4 Å². The summed E-state index contributed by atoms with van der Waals surface area (Å²) in [5.41, 5.74) is 3.06. The first-order valence-corrected chi connectivity index (χ1v) is 10.4. The highest BCUT2D eigenvalue weighted by Gasteiger charge is 2.33. The number of carbonyl (C=O) groups is 1. The summed E-state index contributed by atoms with van der Waals surface area (Å²) in [5.74, 6) is -0.665. The van der Waals surface area contributed by atoms with E-state index in [9.17, 15) is 9.90 Å². The van der Waals surface area contributed by atoms with Crippen molar-refractivity contribution in [2.75, 3.05) is 6.61 Å².